The van der Waals surface area contributed by atoms with Gasteiger partial charge in [-0.3, -0.25) is 9.59 Å². The Kier molecular flexibility index (Phi) is 5.64. The van der Waals surface area contributed by atoms with E-state index in [2.05, 4.69) is 10.3 Å². The van der Waals surface area contributed by atoms with Crippen LogP contribution in [0.2, 0.25) is 0 Å². The standard InChI is InChI=1S/C23H20N2O5S/c1-28-16-11-13(12-17(29-2)22(16)30-3)23(27)25-19-14-7-4-5-8-15(14)24-20(19)21(26)18-9-6-10-31-18/h4-12,24H,1-3H3,(H,25,27). The molecule has 0 unspecified atom stereocenters. The van der Waals surface area contributed by atoms with Crippen molar-refractivity contribution in [2.75, 3.05) is 26.6 Å². The van der Waals surface area contributed by atoms with E-state index in [1.165, 1.54) is 32.7 Å². The highest BCUT2D eigenvalue weighted by molar-refractivity contribution is 7.12. The zero-order valence-electron chi connectivity index (χ0n) is 17.1. The van der Waals surface area contributed by atoms with Gasteiger partial charge in [-0.15, -0.1) is 11.3 Å². The minimum Gasteiger partial charge on any atom is -0.493 e. The maximum atomic E-state index is 13.2. The molecule has 2 aromatic carbocycles. The first kappa shape index (κ1) is 20.5. The van der Waals surface area contributed by atoms with Crippen molar-refractivity contribution in [2.24, 2.45) is 0 Å². The van der Waals surface area contributed by atoms with Gasteiger partial charge in [-0.25, -0.2) is 0 Å². The number of hydrogen-bond donors (Lipinski definition) is 2. The number of aromatic nitrogens is 1. The Bertz CT molecular complexity index is 1240. The number of carbonyl (C=O) groups is 2. The van der Waals surface area contributed by atoms with Crippen molar-refractivity contribution in [1.82, 2.24) is 4.98 Å². The largest absolute Gasteiger partial charge is 0.493 e. The summed E-state index contributed by atoms with van der Waals surface area (Å²) in [7, 11) is 4.46. The number of amides is 1. The van der Waals surface area contributed by atoms with Gasteiger partial charge in [-0.1, -0.05) is 24.3 Å². The third kappa shape index (κ3) is 3.73. The number of benzene rings is 2. The lowest BCUT2D eigenvalue weighted by molar-refractivity contribution is 0.102. The summed E-state index contributed by atoms with van der Waals surface area (Å²) < 4.78 is 16.0. The highest BCUT2D eigenvalue weighted by atomic mass is 32.1. The quantitative estimate of drug-likeness (QED) is 0.409. The number of anilines is 1. The van der Waals surface area contributed by atoms with Gasteiger partial charge in [0, 0.05) is 16.5 Å². The third-order valence-electron chi connectivity index (χ3n) is 4.84. The number of para-hydroxylation sites is 1. The number of ketones is 1. The molecule has 7 nitrogen and oxygen atoms in total. The van der Waals surface area contributed by atoms with Gasteiger partial charge in [-0.05, 0) is 29.6 Å². The van der Waals surface area contributed by atoms with Crippen LogP contribution in [0, 0.1) is 0 Å². The molecule has 0 atom stereocenters. The molecule has 2 heterocycles. The molecule has 0 saturated heterocycles. The van der Waals surface area contributed by atoms with Crippen LogP contribution in [0.3, 0.4) is 0 Å². The molecule has 1 amide bonds. The van der Waals surface area contributed by atoms with Gasteiger partial charge in [0.25, 0.3) is 5.91 Å². The number of nitrogens with one attached hydrogen (secondary N) is 2. The number of H-pyrrole nitrogens is 1. The lowest BCUT2D eigenvalue weighted by Crippen LogP contribution is -2.15. The molecule has 0 fully saturated rings. The topological polar surface area (TPSA) is 89.7 Å². The molecule has 0 spiro atoms. The van der Waals surface area contributed by atoms with Gasteiger partial charge in [0.2, 0.25) is 11.5 Å². The van der Waals surface area contributed by atoms with Crippen LogP contribution in [-0.2, 0) is 0 Å². The van der Waals surface area contributed by atoms with Crippen LogP contribution in [-0.4, -0.2) is 38.0 Å². The van der Waals surface area contributed by atoms with Gasteiger partial charge in [0.05, 0.1) is 31.9 Å². The summed E-state index contributed by atoms with van der Waals surface area (Å²) in [6, 6.07) is 14.1. The van der Waals surface area contributed by atoms with Crippen molar-refractivity contribution in [3.8, 4) is 17.2 Å². The number of thiophene rings is 1. The molecule has 2 N–H and O–H groups in total. The predicted molar refractivity (Wildman–Crippen MR) is 120 cm³/mol. The molecule has 0 bridgehead atoms. The Balaban J connectivity index is 1.77. The molecule has 8 heteroatoms. The smallest absolute Gasteiger partial charge is 0.256 e. The summed E-state index contributed by atoms with van der Waals surface area (Å²) in [5.74, 6) is 0.513. The van der Waals surface area contributed by atoms with E-state index in [0.717, 1.165) is 10.9 Å². The number of methoxy groups -OCH3 is 3. The lowest BCUT2D eigenvalue weighted by Gasteiger charge is -2.14. The number of rotatable bonds is 7. The summed E-state index contributed by atoms with van der Waals surface area (Å²) in [5.41, 5.74) is 1.80. The molecule has 2 aromatic heterocycles. The zero-order chi connectivity index (χ0) is 22.0. The van der Waals surface area contributed by atoms with Crippen LogP contribution < -0.4 is 19.5 Å². The van der Waals surface area contributed by atoms with E-state index in [9.17, 15) is 9.59 Å². The average molecular weight is 436 g/mol. The Morgan fingerprint density at radius 1 is 0.935 bits per heavy atom. The van der Waals surface area contributed by atoms with E-state index in [0.29, 0.717) is 39.1 Å². The van der Waals surface area contributed by atoms with E-state index in [4.69, 9.17) is 14.2 Å². The minimum atomic E-state index is -0.413. The minimum absolute atomic E-state index is 0.189. The van der Waals surface area contributed by atoms with Gasteiger partial charge in [0.1, 0.15) is 5.69 Å². The molecule has 0 saturated carbocycles. The second-order valence-electron chi connectivity index (χ2n) is 6.60. The second-order valence-corrected chi connectivity index (χ2v) is 7.54. The Morgan fingerprint density at radius 2 is 1.65 bits per heavy atom. The third-order valence-corrected chi connectivity index (χ3v) is 5.71. The van der Waals surface area contributed by atoms with E-state index >= 15 is 0 Å². The molecule has 4 aromatic rings. The summed E-state index contributed by atoms with van der Waals surface area (Å²) >= 11 is 1.34. The lowest BCUT2D eigenvalue weighted by atomic mass is 10.1. The molecule has 0 radical (unpaired) electrons. The number of fused-ring (bicyclic) bond motifs is 1. The number of hydrogen-bond acceptors (Lipinski definition) is 6. The molecule has 0 aliphatic rings. The molecule has 0 aliphatic carbocycles. The van der Waals surface area contributed by atoms with Crippen LogP contribution in [0.5, 0.6) is 17.2 Å². The van der Waals surface area contributed by atoms with Gasteiger partial charge >= 0.3 is 0 Å². The number of aromatic amines is 1. The van der Waals surface area contributed by atoms with Crippen LogP contribution >= 0.6 is 11.3 Å². The molecule has 0 aliphatic heterocycles. The van der Waals surface area contributed by atoms with Crippen molar-refractivity contribution >= 4 is 39.6 Å². The maximum Gasteiger partial charge on any atom is 0.256 e. The van der Waals surface area contributed by atoms with Gasteiger partial charge < -0.3 is 24.5 Å². The van der Waals surface area contributed by atoms with Crippen LogP contribution in [0.4, 0.5) is 5.69 Å². The summed E-state index contributed by atoms with van der Waals surface area (Å²) in [4.78, 5) is 30.0. The van der Waals surface area contributed by atoms with Gasteiger partial charge in [0.15, 0.2) is 11.5 Å². The van der Waals surface area contributed by atoms with Gasteiger partial charge in [-0.2, -0.15) is 0 Å². The van der Waals surface area contributed by atoms with E-state index < -0.39 is 5.91 Å². The first-order valence-electron chi connectivity index (χ1n) is 9.37. The first-order chi connectivity index (χ1) is 15.1. The molecule has 4 rings (SSSR count). The Hall–Kier alpha value is -3.78. The average Bonchev–Trinajstić information content (AvgIpc) is 3.46. The Morgan fingerprint density at radius 3 is 2.26 bits per heavy atom. The van der Waals surface area contributed by atoms with Crippen LogP contribution in [0.25, 0.3) is 10.9 Å². The van der Waals surface area contributed by atoms with E-state index in [-0.39, 0.29) is 5.78 Å². The number of ether oxygens (including phenoxy) is 3. The highest BCUT2D eigenvalue weighted by Crippen LogP contribution is 2.39. The molecule has 31 heavy (non-hydrogen) atoms. The summed E-state index contributed by atoms with van der Waals surface area (Å²) in [6.07, 6.45) is 0. The van der Waals surface area contributed by atoms with Crippen molar-refractivity contribution < 1.29 is 23.8 Å². The maximum absolute atomic E-state index is 13.2. The highest BCUT2D eigenvalue weighted by Gasteiger charge is 2.23. The first-order valence-corrected chi connectivity index (χ1v) is 10.3. The van der Waals surface area contributed by atoms with Crippen LogP contribution in [0.15, 0.2) is 53.9 Å². The van der Waals surface area contributed by atoms with Crippen LogP contribution in [0.1, 0.15) is 25.7 Å². The molecular weight excluding hydrogens is 416 g/mol. The monoisotopic (exact) mass is 436 g/mol. The Labute approximate surface area is 182 Å². The van der Waals surface area contributed by atoms with E-state index in [1.54, 1.807) is 18.2 Å². The summed E-state index contributed by atoms with van der Waals surface area (Å²) in [6.45, 7) is 0. The molecule has 158 valence electrons. The number of carbonyl (C=O) groups excluding carboxylic acids is 2. The summed E-state index contributed by atoms with van der Waals surface area (Å²) in [5, 5.41) is 5.47. The fraction of sp³-hybridized carbons (Fsp3) is 0.130. The van der Waals surface area contributed by atoms with Crippen molar-refractivity contribution in [2.45, 2.75) is 0 Å². The second kappa shape index (κ2) is 8.53. The fourth-order valence-corrected chi connectivity index (χ4v) is 4.04. The normalized spacial score (nSPS) is 10.7. The fourth-order valence-electron chi connectivity index (χ4n) is 3.37. The predicted octanol–water partition coefficient (Wildman–Crippen LogP) is 4.74. The van der Waals surface area contributed by atoms with Crippen molar-refractivity contribution in [1.29, 1.82) is 0 Å². The molecular formula is C23H20N2O5S. The van der Waals surface area contributed by atoms with Crippen molar-refractivity contribution in [3.05, 3.63) is 70.0 Å². The SMILES string of the molecule is COc1cc(C(=O)Nc2c(C(=O)c3cccs3)[nH]c3ccccc23)cc(OC)c1OC. The zero-order valence-corrected chi connectivity index (χ0v) is 18.0. The van der Waals surface area contributed by atoms with E-state index in [1.807, 2.05) is 35.7 Å². The van der Waals surface area contributed by atoms with Crippen molar-refractivity contribution in [3.63, 3.8) is 0 Å².